The largest absolute Gasteiger partial charge is 0.490 e. The van der Waals surface area contributed by atoms with E-state index >= 15 is 0 Å². The first-order chi connectivity index (χ1) is 11.7. The highest BCUT2D eigenvalue weighted by Crippen LogP contribution is 2.33. The van der Waals surface area contributed by atoms with Crippen molar-refractivity contribution in [1.82, 2.24) is 4.57 Å². The van der Waals surface area contributed by atoms with E-state index in [0.717, 1.165) is 22.7 Å². The van der Waals surface area contributed by atoms with Gasteiger partial charge in [0.25, 0.3) is 0 Å². The fourth-order valence-electron chi connectivity index (χ4n) is 3.68. The molecule has 1 aliphatic rings. The zero-order valence-corrected chi connectivity index (χ0v) is 16.2. The van der Waals surface area contributed by atoms with Crippen molar-refractivity contribution in [2.24, 2.45) is 5.92 Å². The number of unbranched alkanes of at least 4 members (excludes halogenated alkanes) is 1. The topological polar surface area (TPSA) is 14.2 Å². The lowest BCUT2D eigenvalue weighted by molar-refractivity contribution is 0.126. The van der Waals surface area contributed by atoms with E-state index in [0.29, 0.717) is 6.10 Å². The van der Waals surface area contributed by atoms with Crippen molar-refractivity contribution in [1.29, 1.82) is 0 Å². The van der Waals surface area contributed by atoms with Crippen molar-refractivity contribution < 1.29 is 4.74 Å². The molecule has 3 rings (SSSR count). The predicted molar refractivity (Wildman–Crippen MR) is 104 cm³/mol. The standard InChI is InChI=1S/C21H28BrNO/c1-17-20(22)8-6-9-21(17)24-19-12-10-18(11-13-19)7-2-3-14-23-15-4-5-16-23/h4-6,8-9,15-16,18-19H,2-3,7,10-14H2,1H3. The summed E-state index contributed by atoms with van der Waals surface area (Å²) in [5.74, 6) is 1.94. The molecule has 0 unspecified atom stereocenters. The zero-order chi connectivity index (χ0) is 16.8. The first-order valence-electron chi connectivity index (χ1n) is 9.25. The average molecular weight is 390 g/mol. The number of nitrogens with zero attached hydrogens (tertiary/aromatic N) is 1. The number of halogens is 1. The lowest BCUT2D eigenvalue weighted by Gasteiger charge is -2.29. The maximum absolute atomic E-state index is 6.26. The molecule has 0 N–H and O–H groups in total. The minimum Gasteiger partial charge on any atom is -0.490 e. The van der Waals surface area contributed by atoms with Gasteiger partial charge in [-0.3, -0.25) is 0 Å². The summed E-state index contributed by atoms with van der Waals surface area (Å²) in [5, 5.41) is 0. The molecule has 2 aromatic rings. The Bertz CT molecular complexity index is 615. The first-order valence-corrected chi connectivity index (χ1v) is 10.0. The number of benzene rings is 1. The summed E-state index contributed by atoms with van der Waals surface area (Å²) < 4.78 is 9.67. The van der Waals surface area contributed by atoms with Gasteiger partial charge >= 0.3 is 0 Å². The van der Waals surface area contributed by atoms with Crippen LogP contribution in [0.5, 0.6) is 5.75 Å². The van der Waals surface area contributed by atoms with Crippen LogP contribution in [0.25, 0.3) is 0 Å². The molecule has 1 heterocycles. The van der Waals surface area contributed by atoms with Crippen molar-refractivity contribution in [2.45, 2.75) is 64.5 Å². The second-order valence-electron chi connectivity index (χ2n) is 7.04. The quantitative estimate of drug-likeness (QED) is 0.501. The van der Waals surface area contributed by atoms with Crippen LogP contribution in [0.15, 0.2) is 47.2 Å². The summed E-state index contributed by atoms with van der Waals surface area (Å²) in [6.07, 6.45) is 13.8. The van der Waals surface area contributed by atoms with Crippen molar-refractivity contribution in [2.75, 3.05) is 0 Å². The van der Waals surface area contributed by atoms with Crippen LogP contribution < -0.4 is 4.74 Å². The van der Waals surface area contributed by atoms with Crippen LogP contribution in [0, 0.1) is 12.8 Å². The van der Waals surface area contributed by atoms with Gasteiger partial charge in [-0.25, -0.2) is 0 Å². The highest BCUT2D eigenvalue weighted by atomic mass is 79.9. The fraction of sp³-hybridized carbons (Fsp3) is 0.524. The number of aryl methyl sites for hydroxylation is 1. The van der Waals surface area contributed by atoms with E-state index < -0.39 is 0 Å². The summed E-state index contributed by atoms with van der Waals surface area (Å²) in [6.45, 7) is 3.28. The molecule has 0 saturated heterocycles. The van der Waals surface area contributed by atoms with Gasteiger partial charge in [0.05, 0.1) is 6.10 Å². The third-order valence-electron chi connectivity index (χ3n) is 5.25. The number of rotatable bonds is 7. The van der Waals surface area contributed by atoms with Gasteiger partial charge < -0.3 is 9.30 Å². The second-order valence-corrected chi connectivity index (χ2v) is 7.89. The summed E-state index contributed by atoms with van der Waals surface area (Å²) in [6, 6.07) is 10.4. The molecule has 0 bridgehead atoms. The Hall–Kier alpha value is -1.22. The van der Waals surface area contributed by atoms with Crippen molar-refractivity contribution in [3.05, 3.63) is 52.8 Å². The SMILES string of the molecule is Cc1c(Br)cccc1OC1CCC(CCCCn2cccc2)CC1. The second kappa shape index (κ2) is 8.75. The van der Waals surface area contributed by atoms with Gasteiger partial charge in [0.2, 0.25) is 0 Å². The molecular weight excluding hydrogens is 362 g/mol. The zero-order valence-electron chi connectivity index (χ0n) is 14.6. The van der Waals surface area contributed by atoms with Crippen LogP contribution in [-0.4, -0.2) is 10.7 Å². The van der Waals surface area contributed by atoms with Gasteiger partial charge in [-0.05, 0) is 69.2 Å². The van der Waals surface area contributed by atoms with Crippen LogP contribution in [0.3, 0.4) is 0 Å². The molecule has 0 spiro atoms. The van der Waals surface area contributed by atoms with Crippen LogP contribution >= 0.6 is 15.9 Å². The predicted octanol–water partition coefficient (Wildman–Crippen LogP) is 6.37. The van der Waals surface area contributed by atoms with Crippen molar-refractivity contribution >= 4 is 15.9 Å². The van der Waals surface area contributed by atoms with Crippen LogP contribution in [0.1, 0.15) is 50.5 Å². The van der Waals surface area contributed by atoms with Crippen LogP contribution in [-0.2, 0) is 6.54 Å². The van der Waals surface area contributed by atoms with Gasteiger partial charge in [-0.2, -0.15) is 0 Å². The van der Waals surface area contributed by atoms with Crippen LogP contribution in [0.4, 0.5) is 0 Å². The van der Waals surface area contributed by atoms with E-state index in [1.54, 1.807) is 0 Å². The third kappa shape index (κ3) is 4.89. The van der Waals surface area contributed by atoms with Crippen molar-refractivity contribution in [3.63, 3.8) is 0 Å². The maximum atomic E-state index is 6.26. The molecule has 1 aromatic carbocycles. The Kier molecular flexibility index (Phi) is 6.42. The van der Waals surface area contributed by atoms with E-state index in [2.05, 4.69) is 70.1 Å². The lowest BCUT2D eigenvalue weighted by atomic mass is 9.84. The molecule has 3 heteroatoms. The molecule has 1 aliphatic carbocycles. The van der Waals surface area contributed by atoms with Gasteiger partial charge in [-0.1, -0.05) is 34.8 Å². The third-order valence-corrected chi connectivity index (χ3v) is 6.11. The smallest absolute Gasteiger partial charge is 0.123 e. The van der Waals surface area contributed by atoms with E-state index in [1.165, 1.54) is 50.5 Å². The number of hydrogen-bond acceptors (Lipinski definition) is 1. The van der Waals surface area contributed by atoms with Crippen LogP contribution in [0.2, 0.25) is 0 Å². The summed E-state index contributed by atoms with van der Waals surface area (Å²) in [5.41, 5.74) is 1.21. The van der Waals surface area contributed by atoms with E-state index in [-0.39, 0.29) is 0 Å². The monoisotopic (exact) mass is 389 g/mol. The molecule has 0 atom stereocenters. The van der Waals surface area contributed by atoms with E-state index in [4.69, 9.17) is 4.74 Å². The summed E-state index contributed by atoms with van der Waals surface area (Å²) >= 11 is 3.59. The average Bonchev–Trinajstić information content (AvgIpc) is 3.11. The van der Waals surface area contributed by atoms with E-state index in [1.807, 2.05) is 0 Å². The van der Waals surface area contributed by atoms with E-state index in [9.17, 15) is 0 Å². The molecule has 0 aliphatic heterocycles. The Labute approximate surface area is 154 Å². The Morgan fingerprint density at radius 3 is 2.54 bits per heavy atom. The normalized spacial score (nSPS) is 20.9. The molecule has 1 saturated carbocycles. The Morgan fingerprint density at radius 2 is 1.79 bits per heavy atom. The minimum atomic E-state index is 0.397. The Balaban J connectivity index is 1.35. The summed E-state index contributed by atoms with van der Waals surface area (Å²) in [7, 11) is 0. The molecular formula is C21H28BrNO. The van der Waals surface area contributed by atoms with Gasteiger partial charge in [0.15, 0.2) is 0 Å². The summed E-state index contributed by atoms with van der Waals surface area (Å²) in [4.78, 5) is 0. The number of aromatic nitrogens is 1. The highest BCUT2D eigenvalue weighted by molar-refractivity contribution is 9.10. The molecule has 1 aromatic heterocycles. The fourth-order valence-corrected chi connectivity index (χ4v) is 4.03. The first kappa shape index (κ1) is 17.6. The van der Waals surface area contributed by atoms with Gasteiger partial charge in [-0.15, -0.1) is 0 Å². The molecule has 130 valence electrons. The molecule has 2 nitrogen and oxygen atoms in total. The number of ether oxygens (including phenoxy) is 1. The van der Waals surface area contributed by atoms with Gasteiger partial charge in [0.1, 0.15) is 5.75 Å². The van der Waals surface area contributed by atoms with Crippen molar-refractivity contribution in [3.8, 4) is 5.75 Å². The molecule has 0 amide bonds. The molecule has 1 fully saturated rings. The molecule has 0 radical (unpaired) electrons. The molecule has 24 heavy (non-hydrogen) atoms. The minimum absolute atomic E-state index is 0.397. The lowest BCUT2D eigenvalue weighted by Crippen LogP contribution is -2.24. The highest BCUT2D eigenvalue weighted by Gasteiger charge is 2.22. The number of hydrogen-bond donors (Lipinski definition) is 0. The maximum Gasteiger partial charge on any atom is 0.123 e. The Morgan fingerprint density at radius 1 is 1.04 bits per heavy atom. The van der Waals surface area contributed by atoms with Gasteiger partial charge in [0, 0.05) is 29.0 Å².